The van der Waals surface area contributed by atoms with Crippen LogP contribution < -0.4 is 9.47 Å². The number of allylic oxidation sites excluding steroid dienone is 1. The Balaban J connectivity index is 3.22. The Hall–Kier alpha value is -1.48. The van der Waals surface area contributed by atoms with Crippen LogP contribution >= 0.6 is 0 Å². The fourth-order valence-corrected chi connectivity index (χ4v) is 1.90. The van der Waals surface area contributed by atoms with E-state index in [0.29, 0.717) is 17.4 Å². The van der Waals surface area contributed by atoms with Crippen LogP contribution in [0.4, 0.5) is 0 Å². The molecule has 0 spiro atoms. The summed E-state index contributed by atoms with van der Waals surface area (Å²) in [6, 6.07) is 5.80. The Morgan fingerprint density at radius 2 is 1.72 bits per heavy atom. The van der Waals surface area contributed by atoms with Crippen molar-refractivity contribution < 1.29 is 14.6 Å². The van der Waals surface area contributed by atoms with Gasteiger partial charge in [-0.25, -0.2) is 0 Å². The van der Waals surface area contributed by atoms with Gasteiger partial charge in [-0.2, -0.15) is 0 Å². The molecule has 1 rings (SSSR count). The summed E-state index contributed by atoms with van der Waals surface area (Å²) in [6.45, 7) is 5.96. The maximum absolute atomic E-state index is 9.53. The van der Waals surface area contributed by atoms with E-state index in [1.807, 2.05) is 24.3 Å². The van der Waals surface area contributed by atoms with Gasteiger partial charge in [0, 0.05) is 0 Å². The highest BCUT2D eigenvalue weighted by Crippen LogP contribution is 2.32. The molecule has 18 heavy (non-hydrogen) atoms. The predicted octanol–water partition coefficient (Wildman–Crippen LogP) is 3.12. The maximum Gasteiger partial charge on any atom is 0.161 e. The highest BCUT2D eigenvalue weighted by molar-refractivity contribution is 5.69. The van der Waals surface area contributed by atoms with Gasteiger partial charge in [0.15, 0.2) is 11.5 Å². The molecule has 0 radical (unpaired) electrons. The maximum atomic E-state index is 9.53. The lowest BCUT2D eigenvalue weighted by Crippen LogP contribution is -2.01. The van der Waals surface area contributed by atoms with Crippen LogP contribution in [0.3, 0.4) is 0 Å². The highest BCUT2D eigenvalue weighted by Gasteiger charge is 2.11. The minimum Gasteiger partial charge on any atom is -0.493 e. The molecular weight excluding hydrogens is 228 g/mol. The third-order valence-electron chi connectivity index (χ3n) is 2.76. The second-order valence-corrected chi connectivity index (χ2v) is 4.59. The van der Waals surface area contributed by atoms with Gasteiger partial charge in [-0.3, -0.25) is 0 Å². The van der Waals surface area contributed by atoms with Gasteiger partial charge in [0.05, 0.1) is 20.3 Å². The Kier molecular flexibility index (Phi) is 5.23. The van der Waals surface area contributed by atoms with E-state index in [1.165, 1.54) is 0 Å². The van der Waals surface area contributed by atoms with Gasteiger partial charge in [-0.15, -0.1) is 0 Å². The largest absolute Gasteiger partial charge is 0.493 e. The second-order valence-electron chi connectivity index (χ2n) is 4.59. The van der Waals surface area contributed by atoms with Crippen LogP contribution in [0.1, 0.15) is 26.3 Å². The Bertz CT molecular complexity index is 420. The van der Waals surface area contributed by atoms with Crippen LogP contribution in [0, 0.1) is 5.92 Å². The van der Waals surface area contributed by atoms with E-state index in [9.17, 15) is 5.11 Å². The summed E-state index contributed by atoms with van der Waals surface area (Å²) < 4.78 is 10.5. The zero-order valence-corrected chi connectivity index (χ0v) is 11.7. The van der Waals surface area contributed by atoms with Gasteiger partial charge < -0.3 is 14.6 Å². The molecule has 0 saturated carbocycles. The van der Waals surface area contributed by atoms with Crippen LogP contribution in [0.5, 0.6) is 11.5 Å². The van der Waals surface area contributed by atoms with Gasteiger partial charge in [0.1, 0.15) is 0 Å². The number of ether oxygens (including phenoxy) is 2. The van der Waals surface area contributed by atoms with Crippen molar-refractivity contribution in [3.05, 3.63) is 29.8 Å². The summed E-state index contributed by atoms with van der Waals surface area (Å²) in [4.78, 5) is 0. The smallest absolute Gasteiger partial charge is 0.161 e. The highest BCUT2D eigenvalue weighted by atomic mass is 16.5. The topological polar surface area (TPSA) is 38.7 Å². The van der Waals surface area contributed by atoms with Crippen LogP contribution in [-0.4, -0.2) is 25.4 Å². The van der Waals surface area contributed by atoms with Gasteiger partial charge >= 0.3 is 0 Å². The van der Waals surface area contributed by atoms with E-state index in [0.717, 1.165) is 11.1 Å². The molecule has 0 fully saturated rings. The van der Waals surface area contributed by atoms with Gasteiger partial charge in [-0.1, -0.05) is 26.0 Å². The third-order valence-corrected chi connectivity index (χ3v) is 2.76. The molecule has 1 N–H and O–H groups in total. The fourth-order valence-electron chi connectivity index (χ4n) is 1.90. The molecule has 0 amide bonds. The van der Waals surface area contributed by atoms with Gasteiger partial charge in [0.25, 0.3) is 0 Å². The first-order chi connectivity index (χ1) is 8.49. The molecule has 3 nitrogen and oxygen atoms in total. The van der Waals surface area contributed by atoms with E-state index in [-0.39, 0.29) is 0 Å². The first kappa shape index (κ1) is 14.6. The quantitative estimate of drug-likeness (QED) is 0.872. The van der Waals surface area contributed by atoms with Gasteiger partial charge in [0.2, 0.25) is 0 Å². The number of methoxy groups -OCH3 is 2. The number of rotatable bonds is 5. The average Bonchev–Trinajstić information content (AvgIpc) is 2.34. The predicted molar refractivity (Wildman–Crippen MR) is 74.0 cm³/mol. The molecule has 1 atom stereocenters. The lowest BCUT2D eigenvalue weighted by Gasteiger charge is -2.15. The van der Waals surface area contributed by atoms with Crippen molar-refractivity contribution in [3.8, 4) is 11.5 Å². The Morgan fingerprint density at radius 1 is 1.11 bits per heavy atom. The Labute approximate surface area is 109 Å². The van der Waals surface area contributed by atoms with Crippen LogP contribution in [-0.2, 0) is 0 Å². The first-order valence-electron chi connectivity index (χ1n) is 6.11. The number of aliphatic hydroxyl groups excluding tert-OH is 1. The molecule has 0 aromatic heterocycles. The van der Waals surface area contributed by atoms with Crippen LogP contribution in [0.25, 0.3) is 5.57 Å². The lowest BCUT2D eigenvalue weighted by molar-refractivity contribution is 0.244. The summed E-state index contributed by atoms with van der Waals surface area (Å²) >= 11 is 0. The zero-order valence-electron chi connectivity index (χ0n) is 11.7. The summed E-state index contributed by atoms with van der Waals surface area (Å²) in [7, 11) is 3.24. The molecule has 100 valence electrons. The third kappa shape index (κ3) is 3.50. The summed E-state index contributed by atoms with van der Waals surface area (Å²) in [5, 5.41) is 9.53. The second kappa shape index (κ2) is 6.45. The molecule has 0 heterocycles. The van der Waals surface area contributed by atoms with E-state index in [1.54, 1.807) is 21.1 Å². The molecule has 0 unspecified atom stereocenters. The zero-order chi connectivity index (χ0) is 13.7. The van der Waals surface area contributed by atoms with Gasteiger partial charge in [-0.05, 0) is 36.1 Å². The van der Waals surface area contributed by atoms with Crippen molar-refractivity contribution in [2.45, 2.75) is 26.9 Å². The van der Waals surface area contributed by atoms with E-state index < -0.39 is 6.10 Å². The fraction of sp³-hybridized carbons (Fsp3) is 0.467. The molecular formula is C15H22O3. The van der Waals surface area contributed by atoms with Crippen molar-refractivity contribution in [3.63, 3.8) is 0 Å². The van der Waals surface area contributed by atoms with E-state index >= 15 is 0 Å². The van der Waals surface area contributed by atoms with Crippen LogP contribution in [0.2, 0.25) is 0 Å². The summed E-state index contributed by atoms with van der Waals surface area (Å²) in [6.07, 6.45) is 1.40. The molecule has 0 aliphatic carbocycles. The van der Waals surface area contributed by atoms with Crippen molar-refractivity contribution in [1.29, 1.82) is 0 Å². The number of benzene rings is 1. The number of aliphatic hydroxyl groups is 1. The van der Waals surface area contributed by atoms with Crippen molar-refractivity contribution in [2.24, 2.45) is 5.92 Å². The normalized spacial score (nSPS) is 13.6. The molecule has 0 aliphatic rings. The SMILES string of the molecule is COc1ccc(/C(=C\[C@H](C)O)C(C)C)cc1OC. The summed E-state index contributed by atoms with van der Waals surface area (Å²) in [5.74, 6) is 1.74. The molecule has 0 aliphatic heterocycles. The lowest BCUT2D eigenvalue weighted by atomic mass is 9.93. The van der Waals surface area contributed by atoms with Crippen molar-refractivity contribution >= 4 is 5.57 Å². The number of hydrogen-bond acceptors (Lipinski definition) is 3. The summed E-state index contributed by atoms with van der Waals surface area (Å²) in [5.41, 5.74) is 2.15. The van der Waals surface area contributed by atoms with Crippen molar-refractivity contribution in [2.75, 3.05) is 14.2 Å². The van der Waals surface area contributed by atoms with Crippen LogP contribution in [0.15, 0.2) is 24.3 Å². The van der Waals surface area contributed by atoms with E-state index in [4.69, 9.17) is 9.47 Å². The average molecular weight is 250 g/mol. The Morgan fingerprint density at radius 3 is 2.17 bits per heavy atom. The first-order valence-corrected chi connectivity index (χ1v) is 6.11. The monoisotopic (exact) mass is 250 g/mol. The molecule has 1 aromatic carbocycles. The minimum absolute atomic E-state index is 0.331. The van der Waals surface area contributed by atoms with Crippen molar-refractivity contribution in [1.82, 2.24) is 0 Å². The minimum atomic E-state index is -0.463. The molecule has 3 heteroatoms. The molecule has 0 saturated heterocycles. The van der Waals surface area contributed by atoms with E-state index in [2.05, 4.69) is 13.8 Å². The standard InChI is InChI=1S/C15H22O3/c1-10(2)13(8-11(3)16)12-6-7-14(17-4)15(9-12)18-5/h6-11,16H,1-5H3/b13-8-/t11-/m0/s1. The molecule has 0 bridgehead atoms. The molecule has 1 aromatic rings. The number of hydrogen-bond donors (Lipinski definition) is 1.